The molecule has 2 aliphatic rings. The molecule has 0 aromatic carbocycles. The van der Waals surface area contributed by atoms with Crippen LogP contribution in [0.3, 0.4) is 0 Å². The van der Waals surface area contributed by atoms with Crippen LogP contribution in [0.4, 0.5) is 0 Å². The maximum absolute atomic E-state index is 12.1. The van der Waals surface area contributed by atoms with Crippen molar-refractivity contribution < 1.29 is 4.79 Å². The van der Waals surface area contributed by atoms with Crippen molar-refractivity contribution in [3.8, 4) is 0 Å². The molecule has 0 atom stereocenters. The van der Waals surface area contributed by atoms with Gasteiger partial charge in [-0.1, -0.05) is 11.8 Å². The van der Waals surface area contributed by atoms with E-state index in [4.69, 9.17) is 0 Å². The number of fused-ring (bicyclic) bond motifs is 1. The maximum Gasteiger partial charge on any atom is 0.259 e. The van der Waals surface area contributed by atoms with E-state index in [0.29, 0.717) is 18.1 Å². The van der Waals surface area contributed by atoms with Crippen molar-refractivity contribution in [2.24, 2.45) is 4.99 Å². The highest BCUT2D eigenvalue weighted by atomic mass is 32.2. The Morgan fingerprint density at radius 3 is 3.05 bits per heavy atom. The quantitative estimate of drug-likeness (QED) is 0.905. The van der Waals surface area contributed by atoms with Gasteiger partial charge < -0.3 is 10.2 Å². The zero-order valence-electron chi connectivity index (χ0n) is 10.1. The van der Waals surface area contributed by atoms with Gasteiger partial charge in [-0.05, 0) is 23.8 Å². The summed E-state index contributed by atoms with van der Waals surface area (Å²) < 4.78 is 0. The Balaban J connectivity index is 1.60. The average molecular weight is 272 g/mol. The van der Waals surface area contributed by atoms with Crippen molar-refractivity contribution in [2.45, 2.75) is 6.54 Å². The molecule has 0 radical (unpaired) electrons. The van der Waals surface area contributed by atoms with E-state index in [9.17, 15) is 4.79 Å². The van der Waals surface area contributed by atoms with E-state index in [1.54, 1.807) is 18.6 Å². The van der Waals surface area contributed by atoms with Gasteiger partial charge in [-0.25, -0.2) is 0 Å². The van der Waals surface area contributed by atoms with E-state index < -0.39 is 0 Å². The van der Waals surface area contributed by atoms with Crippen LogP contribution in [0.15, 0.2) is 51.7 Å². The second-order valence-electron chi connectivity index (χ2n) is 4.08. The summed E-state index contributed by atoms with van der Waals surface area (Å²) in [7, 11) is 0. The SMILES string of the molecule is O=C(NCc1ccncc1)C1=CN2CN=CC=C2S1. The largest absolute Gasteiger partial charge is 0.347 e. The minimum Gasteiger partial charge on any atom is -0.347 e. The van der Waals surface area contributed by atoms with Crippen LogP contribution in [0.1, 0.15) is 5.56 Å². The second-order valence-corrected chi connectivity index (χ2v) is 5.14. The molecule has 0 saturated heterocycles. The summed E-state index contributed by atoms with van der Waals surface area (Å²) in [6.45, 7) is 1.09. The molecule has 0 aliphatic carbocycles. The van der Waals surface area contributed by atoms with Crippen LogP contribution in [-0.4, -0.2) is 28.7 Å². The van der Waals surface area contributed by atoms with Gasteiger partial charge in [0.2, 0.25) is 0 Å². The van der Waals surface area contributed by atoms with Gasteiger partial charge >= 0.3 is 0 Å². The van der Waals surface area contributed by atoms with Crippen molar-refractivity contribution in [1.29, 1.82) is 0 Å². The molecule has 0 fully saturated rings. The molecule has 1 amide bonds. The smallest absolute Gasteiger partial charge is 0.259 e. The van der Waals surface area contributed by atoms with Crippen molar-refractivity contribution in [1.82, 2.24) is 15.2 Å². The number of amides is 1. The van der Waals surface area contributed by atoms with E-state index in [1.165, 1.54) is 11.8 Å². The van der Waals surface area contributed by atoms with Crippen LogP contribution in [0.5, 0.6) is 0 Å². The predicted octanol–water partition coefficient (Wildman–Crippen LogP) is 1.47. The number of nitrogens with one attached hydrogen (secondary N) is 1. The Labute approximate surface area is 115 Å². The van der Waals surface area contributed by atoms with Gasteiger partial charge in [0.1, 0.15) is 6.67 Å². The molecule has 1 N–H and O–H groups in total. The topological polar surface area (TPSA) is 57.6 Å². The molecule has 5 nitrogen and oxygen atoms in total. The Hall–Kier alpha value is -2.08. The molecule has 1 aromatic rings. The number of thioether (sulfide) groups is 1. The van der Waals surface area contributed by atoms with E-state index >= 15 is 0 Å². The molecule has 19 heavy (non-hydrogen) atoms. The summed E-state index contributed by atoms with van der Waals surface area (Å²) in [6, 6.07) is 3.77. The van der Waals surface area contributed by atoms with Crippen LogP contribution in [0, 0.1) is 0 Å². The third-order valence-corrected chi connectivity index (χ3v) is 3.84. The highest BCUT2D eigenvalue weighted by molar-refractivity contribution is 8.07. The fraction of sp³-hybridized carbons (Fsp3) is 0.154. The Morgan fingerprint density at radius 2 is 2.26 bits per heavy atom. The van der Waals surface area contributed by atoms with Crippen molar-refractivity contribution in [2.75, 3.05) is 6.67 Å². The normalized spacial score (nSPS) is 16.7. The Bertz CT molecular complexity index is 580. The third-order valence-electron chi connectivity index (χ3n) is 2.75. The summed E-state index contributed by atoms with van der Waals surface area (Å²) in [5.74, 6) is -0.0582. The van der Waals surface area contributed by atoms with Gasteiger partial charge in [0.15, 0.2) is 0 Å². The zero-order chi connectivity index (χ0) is 13.1. The van der Waals surface area contributed by atoms with Gasteiger partial charge in [-0.2, -0.15) is 0 Å². The third kappa shape index (κ3) is 2.68. The number of rotatable bonds is 3. The van der Waals surface area contributed by atoms with E-state index in [-0.39, 0.29) is 5.91 Å². The molecule has 3 heterocycles. The molecule has 2 aliphatic heterocycles. The van der Waals surface area contributed by atoms with E-state index in [2.05, 4.69) is 15.3 Å². The lowest BCUT2D eigenvalue weighted by molar-refractivity contribution is -0.117. The van der Waals surface area contributed by atoms with Gasteiger partial charge in [-0.3, -0.25) is 14.8 Å². The van der Waals surface area contributed by atoms with Crippen LogP contribution < -0.4 is 5.32 Å². The van der Waals surface area contributed by atoms with Gasteiger partial charge in [-0.15, -0.1) is 0 Å². The number of aliphatic imine (C=N–C) groups is 1. The van der Waals surface area contributed by atoms with E-state index in [1.807, 2.05) is 29.3 Å². The lowest BCUT2D eigenvalue weighted by atomic mass is 10.3. The number of hydrogen-bond donors (Lipinski definition) is 1. The first kappa shape index (κ1) is 12.0. The number of hydrogen-bond acceptors (Lipinski definition) is 5. The predicted molar refractivity (Wildman–Crippen MR) is 75.0 cm³/mol. The molecule has 3 rings (SSSR count). The monoisotopic (exact) mass is 272 g/mol. The first-order valence-electron chi connectivity index (χ1n) is 5.86. The van der Waals surface area contributed by atoms with Gasteiger partial charge in [0.05, 0.1) is 9.93 Å². The average Bonchev–Trinajstić information content (AvgIpc) is 2.90. The summed E-state index contributed by atoms with van der Waals surface area (Å²) in [5, 5.41) is 3.95. The molecule has 0 bridgehead atoms. The molecule has 96 valence electrons. The molecule has 6 heteroatoms. The first-order chi connectivity index (χ1) is 9.33. The molecule has 0 spiro atoms. The minimum atomic E-state index is -0.0582. The van der Waals surface area contributed by atoms with Gasteiger partial charge in [0, 0.05) is 31.4 Å². The summed E-state index contributed by atoms with van der Waals surface area (Å²) >= 11 is 1.47. The van der Waals surface area contributed by atoms with Crippen LogP contribution in [0.25, 0.3) is 0 Å². The standard InChI is InChI=1S/C13H12N4OS/c18-13(16-7-10-1-4-14-5-2-10)11-8-17-9-15-6-3-12(17)19-11/h1-6,8H,7,9H2,(H,16,18). The molecular formula is C13H12N4OS. The fourth-order valence-corrected chi connectivity index (χ4v) is 2.70. The lowest BCUT2D eigenvalue weighted by Gasteiger charge is -2.15. The van der Waals surface area contributed by atoms with Crippen LogP contribution in [-0.2, 0) is 11.3 Å². The summed E-state index contributed by atoms with van der Waals surface area (Å²) in [4.78, 5) is 22.8. The Kier molecular flexibility index (Phi) is 3.33. The highest BCUT2D eigenvalue weighted by Gasteiger charge is 2.24. The molecule has 1 aromatic heterocycles. The highest BCUT2D eigenvalue weighted by Crippen LogP contribution is 2.36. The second kappa shape index (κ2) is 5.27. The van der Waals surface area contributed by atoms with Crippen molar-refractivity contribution >= 4 is 23.9 Å². The minimum absolute atomic E-state index is 0.0582. The maximum atomic E-state index is 12.1. The van der Waals surface area contributed by atoms with Crippen molar-refractivity contribution in [3.05, 3.63) is 52.3 Å². The number of nitrogens with zero attached hydrogens (tertiary/aromatic N) is 3. The van der Waals surface area contributed by atoms with Gasteiger partial charge in [0.25, 0.3) is 5.91 Å². The molecular weight excluding hydrogens is 260 g/mol. The number of carbonyl (C=O) groups is 1. The molecule has 0 saturated carbocycles. The summed E-state index contributed by atoms with van der Waals surface area (Å²) in [6.07, 6.45) is 8.95. The lowest BCUT2D eigenvalue weighted by Crippen LogP contribution is -2.23. The van der Waals surface area contributed by atoms with E-state index in [0.717, 1.165) is 10.6 Å². The fourth-order valence-electron chi connectivity index (χ4n) is 1.77. The van der Waals surface area contributed by atoms with Crippen LogP contribution in [0.2, 0.25) is 0 Å². The Morgan fingerprint density at radius 1 is 1.42 bits per heavy atom. The number of allylic oxidation sites excluding steroid dienone is 1. The number of pyridine rings is 1. The zero-order valence-corrected chi connectivity index (χ0v) is 10.9. The van der Waals surface area contributed by atoms with Crippen molar-refractivity contribution in [3.63, 3.8) is 0 Å². The van der Waals surface area contributed by atoms with Crippen LogP contribution >= 0.6 is 11.8 Å². The number of aromatic nitrogens is 1. The number of carbonyl (C=O) groups excluding carboxylic acids is 1. The molecule has 0 unspecified atom stereocenters. The first-order valence-corrected chi connectivity index (χ1v) is 6.68. The summed E-state index contributed by atoms with van der Waals surface area (Å²) in [5.41, 5.74) is 1.03.